The van der Waals surface area contributed by atoms with Crippen molar-refractivity contribution in [3.05, 3.63) is 52.0 Å². The lowest BCUT2D eigenvalue weighted by Crippen LogP contribution is -2.08. The van der Waals surface area contributed by atoms with Gasteiger partial charge >= 0.3 is 0 Å². The van der Waals surface area contributed by atoms with Crippen LogP contribution in [0, 0.1) is 5.82 Å². The van der Waals surface area contributed by atoms with E-state index >= 15 is 0 Å². The molecule has 0 bridgehead atoms. The average Bonchev–Trinajstić information content (AvgIpc) is 2.71. The molecular weight excluding hydrogens is 285 g/mol. The lowest BCUT2D eigenvalue weighted by molar-refractivity contribution is 0.580. The van der Waals surface area contributed by atoms with Crippen LogP contribution in [0.1, 0.15) is 11.3 Å². The van der Waals surface area contributed by atoms with E-state index < -0.39 is 0 Å². The number of nitrogens with one attached hydrogen (secondary N) is 1. The Labute approximate surface area is 108 Å². The highest BCUT2D eigenvalue weighted by Crippen LogP contribution is 2.16. The lowest BCUT2D eigenvalue weighted by atomic mass is 10.2. The van der Waals surface area contributed by atoms with E-state index in [-0.39, 0.29) is 5.82 Å². The Hall–Kier alpha value is -1.20. The fourth-order valence-electron chi connectivity index (χ4n) is 1.59. The van der Waals surface area contributed by atoms with Crippen LogP contribution in [0.15, 0.2) is 34.9 Å². The molecule has 0 atom stereocenters. The van der Waals surface area contributed by atoms with Crippen molar-refractivity contribution < 1.29 is 4.39 Å². The quantitative estimate of drug-likeness (QED) is 0.940. The summed E-state index contributed by atoms with van der Waals surface area (Å²) < 4.78 is 16.1. The minimum absolute atomic E-state index is 0.218. The average molecular weight is 298 g/mol. The van der Waals surface area contributed by atoms with Gasteiger partial charge in [0.25, 0.3) is 0 Å². The van der Waals surface area contributed by atoms with Gasteiger partial charge in [-0.1, -0.05) is 22.0 Å². The maximum Gasteiger partial charge on any atom is 0.129 e. The molecule has 5 heteroatoms. The monoisotopic (exact) mass is 297 g/mol. The Morgan fingerprint density at radius 1 is 1.41 bits per heavy atom. The standard InChI is InChI=1S/C12H13BrFN3/c1-15-7-11-4-5-17(16-11)8-9-2-3-10(13)6-12(9)14/h2-6,15H,7-8H2,1H3. The molecule has 3 nitrogen and oxygen atoms in total. The van der Waals surface area contributed by atoms with E-state index in [9.17, 15) is 4.39 Å². The molecule has 2 aromatic rings. The zero-order valence-corrected chi connectivity index (χ0v) is 11.0. The summed E-state index contributed by atoms with van der Waals surface area (Å²) in [5, 5.41) is 7.36. The van der Waals surface area contributed by atoms with Crippen molar-refractivity contribution in [1.82, 2.24) is 15.1 Å². The van der Waals surface area contributed by atoms with Gasteiger partial charge in [-0.2, -0.15) is 5.10 Å². The zero-order chi connectivity index (χ0) is 12.3. The first-order valence-electron chi connectivity index (χ1n) is 5.30. The highest BCUT2D eigenvalue weighted by atomic mass is 79.9. The number of nitrogens with zero attached hydrogens (tertiary/aromatic N) is 2. The summed E-state index contributed by atoms with van der Waals surface area (Å²) in [5.41, 5.74) is 1.58. The molecule has 0 unspecified atom stereocenters. The molecule has 0 spiro atoms. The zero-order valence-electron chi connectivity index (χ0n) is 9.45. The molecule has 1 N–H and O–H groups in total. The number of hydrogen-bond donors (Lipinski definition) is 1. The first-order chi connectivity index (χ1) is 8.19. The maximum atomic E-state index is 13.6. The molecule has 17 heavy (non-hydrogen) atoms. The summed E-state index contributed by atoms with van der Waals surface area (Å²) in [4.78, 5) is 0. The number of aromatic nitrogens is 2. The van der Waals surface area contributed by atoms with Gasteiger partial charge in [0, 0.05) is 22.8 Å². The van der Waals surface area contributed by atoms with Crippen LogP contribution < -0.4 is 5.32 Å². The van der Waals surface area contributed by atoms with Crippen LogP contribution in [-0.4, -0.2) is 16.8 Å². The van der Waals surface area contributed by atoms with Gasteiger partial charge in [0.05, 0.1) is 12.2 Å². The van der Waals surface area contributed by atoms with E-state index in [1.165, 1.54) is 6.07 Å². The van der Waals surface area contributed by atoms with Crippen LogP contribution in [0.25, 0.3) is 0 Å². The van der Waals surface area contributed by atoms with E-state index in [1.54, 1.807) is 10.7 Å². The van der Waals surface area contributed by atoms with Crippen molar-refractivity contribution in [2.24, 2.45) is 0 Å². The van der Waals surface area contributed by atoms with E-state index in [1.807, 2.05) is 25.4 Å². The summed E-state index contributed by atoms with van der Waals surface area (Å²) >= 11 is 3.24. The van der Waals surface area contributed by atoms with Gasteiger partial charge in [-0.25, -0.2) is 4.39 Å². The van der Waals surface area contributed by atoms with Gasteiger partial charge < -0.3 is 5.32 Å². The first kappa shape index (κ1) is 12.3. The van der Waals surface area contributed by atoms with Crippen molar-refractivity contribution in [1.29, 1.82) is 0 Å². The van der Waals surface area contributed by atoms with Gasteiger partial charge in [0.15, 0.2) is 0 Å². The molecule has 0 saturated heterocycles. The molecule has 0 fully saturated rings. The lowest BCUT2D eigenvalue weighted by Gasteiger charge is -2.04. The number of benzene rings is 1. The second-order valence-corrected chi connectivity index (χ2v) is 4.69. The van der Waals surface area contributed by atoms with E-state index in [0.717, 1.165) is 16.7 Å². The molecular formula is C12H13BrFN3. The van der Waals surface area contributed by atoms with E-state index in [2.05, 4.69) is 26.3 Å². The van der Waals surface area contributed by atoms with Gasteiger partial charge in [0.1, 0.15) is 5.82 Å². The third-order valence-electron chi connectivity index (χ3n) is 2.40. The van der Waals surface area contributed by atoms with Gasteiger partial charge in [-0.15, -0.1) is 0 Å². The van der Waals surface area contributed by atoms with Crippen LogP contribution in [0.4, 0.5) is 4.39 Å². The highest BCUT2D eigenvalue weighted by Gasteiger charge is 2.05. The minimum atomic E-state index is -0.218. The molecule has 2 rings (SSSR count). The van der Waals surface area contributed by atoms with E-state index in [4.69, 9.17) is 0 Å². The smallest absolute Gasteiger partial charge is 0.129 e. The van der Waals surface area contributed by atoms with Crippen molar-refractivity contribution in [3.8, 4) is 0 Å². The van der Waals surface area contributed by atoms with Crippen LogP contribution in [0.5, 0.6) is 0 Å². The van der Waals surface area contributed by atoms with Gasteiger partial charge in [-0.05, 0) is 25.2 Å². The van der Waals surface area contributed by atoms with Crippen molar-refractivity contribution in [2.45, 2.75) is 13.1 Å². The van der Waals surface area contributed by atoms with Gasteiger partial charge in [0.2, 0.25) is 0 Å². The Balaban J connectivity index is 2.13. The normalized spacial score (nSPS) is 10.8. The topological polar surface area (TPSA) is 29.9 Å². The van der Waals surface area contributed by atoms with Crippen molar-refractivity contribution in [2.75, 3.05) is 7.05 Å². The van der Waals surface area contributed by atoms with Gasteiger partial charge in [-0.3, -0.25) is 4.68 Å². The number of hydrogen-bond acceptors (Lipinski definition) is 2. The summed E-state index contributed by atoms with van der Waals surface area (Å²) in [5.74, 6) is -0.218. The predicted molar refractivity (Wildman–Crippen MR) is 68.2 cm³/mol. The molecule has 0 aliphatic heterocycles. The second-order valence-electron chi connectivity index (χ2n) is 3.77. The van der Waals surface area contributed by atoms with Crippen molar-refractivity contribution in [3.63, 3.8) is 0 Å². The first-order valence-corrected chi connectivity index (χ1v) is 6.09. The molecule has 0 amide bonds. The van der Waals surface area contributed by atoms with Crippen LogP contribution in [0.2, 0.25) is 0 Å². The van der Waals surface area contributed by atoms with Crippen molar-refractivity contribution >= 4 is 15.9 Å². The van der Waals surface area contributed by atoms with Crippen LogP contribution in [0.3, 0.4) is 0 Å². The largest absolute Gasteiger partial charge is 0.314 e. The fraction of sp³-hybridized carbons (Fsp3) is 0.250. The molecule has 90 valence electrons. The Kier molecular flexibility index (Phi) is 3.91. The Morgan fingerprint density at radius 2 is 2.24 bits per heavy atom. The van der Waals surface area contributed by atoms with E-state index in [0.29, 0.717) is 12.1 Å². The summed E-state index contributed by atoms with van der Waals surface area (Å²) in [6.07, 6.45) is 1.86. The Morgan fingerprint density at radius 3 is 2.94 bits per heavy atom. The summed E-state index contributed by atoms with van der Waals surface area (Å²) in [6, 6.07) is 6.98. The van der Waals surface area contributed by atoms with Crippen LogP contribution >= 0.6 is 15.9 Å². The Bertz CT molecular complexity index is 510. The minimum Gasteiger partial charge on any atom is -0.314 e. The molecule has 0 aliphatic carbocycles. The predicted octanol–water partition coefficient (Wildman–Crippen LogP) is 2.55. The SMILES string of the molecule is CNCc1ccn(Cc2ccc(Br)cc2F)n1. The summed E-state index contributed by atoms with van der Waals surface area (Å²) in [6.45, 7) is 1.17. The molecule has 1 heterocycles. The second kappa shape index (κ2) is 5.42. The molecule has 0 saturated carbocycles. The van der Waals surface area contributed by atoms with Crippen LogP contribution in [-0.2, 0) is 13.1 Å². The molecule has 1 aromatic carbocycles. The molecule has 1 aromatic heterocycles. The third kappa shape index (κ3) is 3.14. The third-order valence-corrected chi connectivity index (χ3v) is 2.89. The molecule has 0 radical (unpaired) electrons. The summed E-state index contributed by atoms with van der Waals surface area (Å²) in [7, 11) is 1.87. The number of halogens is 2. The maximum absolute atomic E-state index is 13.6. The fourth-order valence-corrected chi connectivity index (χ4v) is 1.92. The number of rotatable bonds is 4. The molecule has 0 aliphatic rings. The highest BCUT2D eigenvalue weighted by molar-refractivity contribution is 9.10.